The fourth-order valence-corrected chi connectivity index (χ4v) is 1.19. The molecule has 0 fully saturated rings. The summed E-state index contributed by atoms with van der Waals surface area (Å²) in [5.41, 5.74) is 6.54. The summed E-state index contributed by atoms with van der Waals surface area (Å²) >= 11 is 0. The molecule has 0 bridgehead atoms. The maximum atomic E-state index is 9.43. The predicted molar refractivity (Wildman–Crippen MR) is 83.1 cm³/mol. The monoisotopic (exact) mass is 298 g/mol. The SMILES string of the molecule is CCCN(C)C.NCc1ccccc1.O=C(O)CC(=O)O. The van der Waals surface area contributed by atoms with Crippen LogP contribution in [0.4, 0.5) is 0 Å². The van der Waals surface area contributed by atoms with Crippen molar-refractivity contribution in [3.8, 4) is 0 Å². The molecule has 0 aliphatic carbocycles. The maximum absolute atomic E-state index is 9.43. The highest BCUT2D eigenvalue weighted by Crippen LogP contribution is 1.94. The van der Waals surface area contributed by atoms with E-state index in [1.54, 1.807) is 0 Å². The molecule has 1 rings (SSSR count). The molecule has 6 nitrogen and oxygen atoms in total. The van der Waals surface area contributed by atoms with E-state index < -0.39 is 18.4 Å². The Morgan fingerprint density at radius 1 is 1.10 bits per heavy atom. The van der Waals surface area contributed by atoms with E-state index in [2.05, 4.69) is 25.9 Å². The molecule has 0 aliphatic rings. The molecule has 0 spiro atoms. The van der Waals surface area contributed by atoms with Gasteiger partial charge in [0.25, 0.3) is 0 Å². The van der Waals surface area contributed by atoms with E-state index in [-0.39, 0.29) is 0 Å². The number of benzene rings is 1. The molecule has 0 aromatic heterocycles. The summed E-state index contributed by atoms with van der Waals surface area (Å²) < 4.78 is 0. The van der Waals surface area contributed by atoms with Gasteiger partial charge in [-0.3, -0.25) is 9.59 Å². The second kappa shape index (κ2) is 14.5. The molecule has 6 heteroatoms. The molecule has 120 valence electrons. The number of carbonyl (C=O) groups is 2. The Bertz CT molecular complexity index is 369. The van der Waals surface area contributed by atoms with Gasteiger partial charge in [0.1, 0.15) is 6.42 Å². The van der Waals surface area contributed by atoms with Gasteiger partial charge in [-0.05, 0) is 32.6 Å². The van der Waals surface area contributed by atoms with Crippen molar-refractivity contribution in [1.29, 1.82) is 0 Å². The smallest absolute Gasteiger partial charge is 0.314 e. The van der Waals surface area contributed by atoms with E-state index in [9.17, 15) is 9.59 Å². The van der Waals surface area contributed by atoms with Crippen molar-refractivity contribution in [1.82, 2.24) is 4.90 Å². The second-order valence-electron chi connectivity index (χ2n) is 4.46. The topological polar surface area (TPSA) is 104 Å². The van der Waals surface area contributed by atoms with Gasteiger partial charge in [-0.25, -0.2) is 0 Å². The molecular formula is C15H26N2O4. The number of carboxylic acids is 2. The molecule has 21 heavy (non-hydrogen) atoms. The normalized spacial score (nSPS) is 9.00. The molecule has 0 heterocycles. The number of aliphatic carboxylic acids is 2. The summed E-state index contributed by atoms with van der Waals surface area (Å²) in [7, 11) is 4.17. The average molecular weight is 298 g/mol. The summed E-state index contributed by atoms with van der Waals surface area (Å²) in [6.45, 7) is 4.03. The number of hydrogen-bond donors (Lipinski definition) is 3. The van der Waals surface area contributed by atoms with Crippen molar-refractivity contribution in [2.45, 2.75) is 26.3 Å². The number of nitrogens with zero attached hydrogens (tertiary/aromatic N) is 1. The predicted octanol–water partition coefficient (Wildman–Crippen LogP) is 1.65. The average Bonchev–Trinajstić information content (AvgIpc) is 2.39. The van der Waals surface area contributed by atoms with E-state index in [0.717, 1.165) is 0 Å². The molecule has 1 aromatic rings. The minimum Gasteiger partial charge on any atom is -0.481 e. The fourth-order valence-electron chi connectivity index (χ4n) is 1.19. The molecule has 0 unspecified atom stereocenters. The molecular weight excluding hydrogens is 272 g/mol. The Morgan fingerprint density at radius 2 is 1.57 bits per heavy atom. The highest BCUT2D eigenvalue weighted by atomic mass is 16.4. The summed E-state index contributed by atoms with van der Waals surface area (Å²) in [6.07, 6.45) is 0.451. The number of rotatable bonds is 5. The van der Waals surface area contributed by atoms with E-state index in [1.165, 1.54) is 18.5 Å². The van der Waals surface area contributed by atoms with Crippen molar-refractivity contribution in [2.75, 3.05) is 20.6 Å². The molecule has 0 atom stereocenters. The molecule has 4 N–H and O–H groups in total. The van der Waals surface area contributed by atoms with Gasteiger partial charge in [-0.15, -0.1) is 0 Å². The zero-order valence-electron chi connectivity index (χ0n) is 13.0. The van der Waals surface area contributed by atoms with Crippen molar-refractivity contribution in [3.63, 3.8) is 0 Å². The van der Waals surface area contributed by atoms with Gasteiger partial charge in [-0.1, -0.05) is 37.3 Å². The Kier molecular flexibility index (Phi) is 14.8. The number of hydrogen-bond acceptors (Lipinski definition) is 4. The highest BCUT2D eigenvalue weighted by Gasteiger charge is 2.01. The van der Waals surface area contributed by atoms with Crippen LogP contribution >= 0.6 is 0 Å². The molecule has 0 saturated carbocycles. The van der Waals surface area contributed by atoms with Crippen LogP contribution in [0.3, 0.4) is 0 Å². The zero-order chi connectivity index (χ0) is 16.7. The minimum absolute atomic E-state index is 0.640. The van der Waals surface area contributed by atoms with Crippen molar-refractivity contribution < 1.29 is 19.8 Å². The first-order valence-corrected chi connectivity index (χ1v) is 6.65. The lowest BCUT2D eigenvalue weighted by Gasteiger charge is -2.03. The lowest BCUT2D eigenvalue weighted by atomic mass is 10.2. The van der Waals surface area contributed by atoms with Crippen LogP contribution in [0.1, 0.15) is 25.3 Å². The number of nitrogens with two attached hydrogens (primary N) is 1. The van der Waals surface area contributed by atoms with E-state index >= 15 is 0 Å². The second-order valence-corrected chi connectivity index (χ2v) is 4.46. The van der Waals surface area contributed by atoms with Crippen LogP contribution in [0.15, 0.2) is 30.3 Å². The first-order chi connectivity index (χ1) is 9.83. The van der Waals surface area contributed by atoms with Crippen LogP contribution in [-0.2, 0) is 16.1 Å². The lowest BCUT2D eigenvalue weighted by molar-refractivity contribution is -0.147. The molecule has 1 aromatic carbocycles. The standard InChI is InChI=1S/C7H9N.C5H13N.C3H4O4/c8-6-7-4-2-1-3-5-7;1-4-5-6(2)3;4-2(5)1-3(6)7/h1-5H,6,8H2;4-5H2,1-3H3;1H2,(H,4,5)(H,6,7). The maximum Gasteiger partial charge on any atom is 0.314 e. The lowest BCUT2D eigenvalue weighted by Crippen LogP contribution is -2.11. The van der Waals surface area contributed by atoms with Crippen LogP contribution in [-0.4, -0.2) is 47.7 Å². The van der Waals surface area contributed by atoms with Crippen LogP contribution in [0, 0.1) is 0 Å². The molecule has 0 saturated heterocycles. The van der Waals surface area contributed by atoms with Crippen LogP contribution in [0.25, 0.3) is 0 Å². The van der Waals surface area contributed by atoms with E-state index in [0.29, 0.717) is 6.54 Å². The summed E-state index contributed by atoms with van der Waals surface area (Å²) in [5.74, 6) is -2.62. The largest absolute Gasteiger partial charge is 0.481 e. The Balaban J connectivity index is 0. The quantitative estimate of drug-likeness (QED) is 0.714. The van der Waals surface area contributed by atoms with Gasteiger partial charge in [0.2, 0.25) is 0 Å². The summed E-state index contributed by atoms with van der Waals surface area (Å²) in [6, 6.07) is 9.99. The number of carboxylic acid groups (broad SMARTS) is 2. The molecule has 0 amide bonds. The summed E-state index contributed by atoms with van der Waals surface area (Å²) in [5, 5.41) is 15.4. The van der Waals surface area contributed by atoms with Crippen molar-refractivity contribution >= 4 is 11.9 Å². The minimum atomic E-state index is -1.31. The van der Waals surface area contributed by atoms with Gasteiger partial charge in [0.05, 0.1) is 0 Å². The third-order valence-electron chi connectivity index (χ3n) is 2.05. The third-order valence-corrected chi connectivity index (χ3v) is 2.05. The van der Waals surface area contributed by atoms with Gasteiger partial charge in [0.15, 0.2) is 0 Å². The van der Waals surface area contributed by atoms with E-state index in [1.807, 2.05) is 30.3 Å². The highest BCUT2D eigenvalue weighted by molar-refractivity contribution is 5.88. The Morgan fingerprint density at radius 3 is 1.71 bits per heavy atom. The van der Waals surface area contributed by atoms with Crippen molar-refractivity contribution in [3.05, 3.63) is 35.9 Å². The van der Waals surface area contributed by atoms with Gasteiger partial charge in [-0.2, -0.15) is 0 Å². The zero-order valence-corrected chi connectivity index (χ0v) is 13.0. The van der Waals surface area contributed by atoms with Crippen LogP contribution in [0.2, 0.25) is 0 Å². The first kappa shape index (κ1) is 21.4. The van der Waals surface area contributed by atoms with Gasteiger partial charge < -0.3 is 20.8 Å². The Hall–Kier alpha value is -1.92. The van der Waals surface area contributed by atoms with E-state index in [4.69, 9.17) is 15.9 Å². The fraction of sp³-hybridized carbons (Fsp3) is 0.467. The van der Waals surface area contributed by atoms with Crippen molar-refractivity contribution in [2.24, 2.45) is 5.73 Å². The molecule has 0 aliphatic heterocycles. The van der Waals surface area contributed by atoms with Gasteiger partial charge in [0, 0.05) is 6.54 Å². The Labute approximate surface area is 126 Å². The summed E-state index contributed by atoms with van der Waals surface area (Å²) in [4.78, 5) is 21.0. The van der Waals surface area contributed by atoms with Gasteiger partial charge >= 0.3 is 11.9 Å². The first-order valence-electron chi connectivity index (χ1n) is 6.65. The third kappa shape index (κ3) is 20.6. The van der Waals surface area contributed by atoms with Crippen LogP contribution < -0.4 is 5.73 Å². The molecule has 0 radical (unpaired) electrons. The van der Waals surface area contributed by atoms with Crippen LogP contribution in [0.5, 0.6) is 0 Å².